The molecule has 1 heterocycles. The highest BCUT2D eigenvalue weighted by Crippen LogP contribution is 2.27. The zero-order chi connectivity index (χ0) is 24.5. The smallest absolute Gasteiger partial charge is 0.225 e. The van der Waals surface area contributed by atoms with Crippen LogP contribution in [-0.4, -0.2) is 53.6 Å². The van der Waals surface area contributed by atoms with Crippen LogP contribution in [0, 0.1) is 20.3 Å². The number of amides is 2. The summed E-state index contributed by atoms with van der Waals surface area (Å²) in [6, 6.07) is 8.66. The van der Waals surface area contributed by atoms with Crippen LogP contribution in [0.5, 0.6) is 5.75 Å². The van der Waals surface area contributed by atoms with E-state index in [4.69, 9.17) is 0 Å². The second kappa shape index (κ2) is 12.5. The third kappa shape index (κ3) is 7.28. The highest BCUT2D eigenvalue weighted by Gasteiger charge is 2.14. The van der Waals surface area contributed by atoms with Crippen LogP contribution in [0.4, 0.5) is 11.4 Å². The molecule has 0 saturated carbocycles. The molecule has 0 aromatic heterocycles. The fourth-order valence-electron chi connectivity index (χ4n) is 4.10. The minimum absolute atomic E-state index is 0.0309. The number of hydrogen-bond acceptors (Lipinski definition) is 6. The Balaban J connectivity index is 1.51. The summed E-state index contributed by atoms with van der Waals surface area (Å²) in [6.07, 6.45) is 4.66. The van der Waals surface area contributed by atoms with Gasteiger partial charge in [-0.05, 0) is 86.7 Å². The van der Waals surface area contributed by atoms with Gasteiger partial charge in [-0.1, -0.05) is 12.1 Å². The fraction of sp³-hybridized carbons (Fsp3) is 0.423. The van der Waals surface area contributed by atoms with Gasteiger partial charge in [-0.2, -0.15) is 0 Å². The maximum absolute atomic E-state index is 12.4. The van der Waals surface area contributed by atoms with Crippen LogP contribution in [0.2, 0.25) is 0 Å². The molecule has 0 unspecified atom stereocenters. The van der Waals surface area contributed by atoms with Crippen LogP contribution in [0.1, 0.15) is 47.6 Å². The zero-order valence-electron chi connectivity index (χ0n) is 19.9. The molecular weight excluding hydrogens is 432 g/mol. The number of aliphatic hydroxyl groups is 1. The number of phenols is 1. The molecule has 2 aromatic carbocycles. The largest absolute Gasteiger partial charge is 0.506 e. The summed E-state index contributed by atoms with van der Waals surface area (Å²) in [4.78, 5) is 25.4. The van der Waals surface area contributed by atoms with Gasteiger partial charge in [0.25, 0.3) is 0 Å². The van der Waals surface area contributed by atoms with Crippen molar-refractivity contribution in [3.8, 4) is 5.75 Å². The van der Waals surface area contributed by atoms with E-state index in [2.05, 4.69) is 33.3 Å². The summed E-state index contributed by atoms with van der Waals surface area (Å²) >= 11 is 0. The van der Waals surface area contributed by atoms with Crippen LogP contribution in [0.3, 0.4) is 0 Å². The van der Waals surface area contributed by atoms with E-state index in [1.165, 1.54) is 6.07 Å². The third-order valence-corrected chi connectivity index (χ3v) is 6.18. The molecular formula is C26H35N4O4. The van der Waals surface area contributed by atoms with E-state index in [0.717, 1.165) is 54.9 Å². The van der Waals surface area contributed by atoms with Crippen LogP contribution < -0.4 is 16.0 Å². The maximum Gasteiger partial charge on any atom is 0.225 e. The molecule has 8 heteroatoms. The Morgan fingerprint density at radius 1 is 1.12 bits per heavy atom. The number of carbonyl (C=O) groups excluding carboxylic acids is 2. The van der Waals surface area contributed by atoms with Crippen molar-refractivity contribution in [2.75, 3.05) is 36.8 Å². The molecule has 1 aliphatic heterocycles. The van der Waals surface area contributed by atoms with Gasteiger partial charge in [-0.3, -0.25) is 9.59 Å². The molecule has 1 aliphatic rings. The van der Waals surface area contributed by atoms with Crippen molar-refractivity contribution < 1.29 is 19.8 Å². The summed E-state index contributed by atoms with van der Waals surface area (Å²) in [5.41, 5.74) is 4.80. The Morgan fingerprint density at radius 3 is 2.62 bits per heavy atom. The molecule has 1 fully saturated rings. The quantitative estimate of drug-likeness (QED) is 0.256. The van der Waals surface area contributed by atoms with Gasteiger partial charge in [0.15, 0.2) is 0 Å². The molecule has 1 atom stereocenters. The average Bonchev–Trinajstić information content (AvgIpc) is 2.83. The second-order valence-electron chi connectivity index (χ2n) is 8.78. The Labute approximate surface area is 201 Å². The number of rotatable bonds is 11. The number of phenolic OH excluding ortho intramolecular Hbond substituents is 1. The molecule has 0 bridgehead atoms. The number of aliphatic hydroxyl groups excluding tert-OH is 1. The SMILES string of the molecule is Cc1cc(NC(=O)CCN2CC[CH]CC2)c(C)cc1CNC[C@@H](O)c1ccc(O)c(NC=O)c1. The van der Waals surface area contributed by atoms with E-state index < -0.39 is 6.10 Å². The third-order valence-electron chi connectivity index (χ3n) is 6.18. The second-order valence-corrected chi connectivity index (χ2v) is 8.78. The number of likely N-dealkylation sites (tertiary alicyclic amines) is 1. The molecule has 2 aromatic rings. The van der Waals surface area contributed by atoms with E-state index in [9.17, 15) is 19.8 Å². The lowest BCUT2D eigenvalue weighted by molar-refractivity contribution is -0.116. The van der Waals surface area contributed by atoms with Gasteiger partial charge in [-0.25, -0.2) is 0 Å². The average molecular weight is 468 g/mol. The zero-order valence-corrected chi connectivity index (χ0v) is 19.9. The van der Waals surface area contributed by atoms with E-state index in [-0.39, 0.29) is 17.3 Å². The van der Waals surface area contributed by atoms with Gasteiger partial charge in [0.05, 0.1) is 11.8 Å². The van der Waals surface area contributed by atoms with Gasteiger partial charge < -0.3 is 31.1 Å². The van der Waals surface area contributed by atoms with Crippen molar-refractivity contribution in [3.05, 3.63) is 59.0 Å². The van der Waals surface area contributed by atoms with Crippen LogP contribution in [0.15, 0.2) is 30.3 Å². The van der Waals surface area contributed by atoms with Gasteiger partial charge in [0, 0.05) is 31.7 Å². The van der Waals surface area contributed by atoms with E-state index in [0.29, 0.717) is 31.5 Å². The number of anilines is 2. The Kier molecular flexibility index (Phi) is 9.44. The number of piperidine rings is 1. The Morgan fingerprint density at radius 2 is 1.88 bits per heavy atom. The monoisotopic (exact) mass is 467 g/mol. The van der Waals surface area contributed by atoms with Gasteiger partial charge in [-0.15, -0.1) is 0 Å². The first-order valence-corrected chi connectivity index (χ1v) is 11.7. The first kappa shape index (κ1) is 25.7. The lowest BCUT2D eigenvalue weighted by atomic mass is 10.0. The number of nitrogens with one attached hydrogen (secondary N) is 3. The molecule has 3 rings (SSSR count). The van der Waals surface area contributed by atoms with Crippen molar-refractivity contribution >= 4 is 23.7 Å². The minimum atomic E-state index is -0.800. The minimum Gasteiger partial charge on any atom is -0.506 e. The molecule has 2 amide bonds. The summed E-state index contributed by atoms with van der Waals surface area (Å²) < 4.78 is 0. The van der Waals surface area contributed by atoms with Gasteiger partial charge in [0.2, 0.25) is 12.3 Å². The van der Waals surface area contributed by atoms with E-state index in [1.807, 2.05) is 19.9 Å². The molecule has 183 valence electrons. The van der Waals surface area contributed by atoms with Crippen LogP contribution in [-0.2, 0) is 16.1 Å². The van der Waals surface area contributed by atoms with Crippen molar-refractivity contribution in [1.29, 1.82) is 0 Å². The predicted octanol–water partition coefficient (Wildman–Crippen LogP) is 3.03. The van der Waals surface area contributed by atoms with Crippen LogP contribution in [0.25, 0.3) is 0 Å². The maximum atomic E-state index is 12.4. The molecule has 1 saturated heterocycles. The Bertz CT molecular complexity index is 989. The molecule has 5 N–H and O–H groups in total. The van der Waals surface area contributed by atoms with Crippen LogP contribution >= 0.6 is 0 Å². The van der Waals surface area contributed by atoms with Gasteiger partial charge in [0.1, 0.15) is 5.75 Å². The lowest BCUT2D eigenvalue weighted by Gasteiger charge is -2.25. The number of carbonyl (C=O) groups is 2. The number of aryl methyl sites for hydroxylation is 2. The van der Waals surface area contributed by atoms with E-state index >= 15 is 0 Å². The molecule has 0 aliphatic carbocycles. The molecule has 8 nitrogen and oxygen atoms in total. The predicted molar refractivity (Wildman–Crippen MR) is 134 cm³/mol. The number of aromatic hydroxyl groups is 1. The van der Waals surface area contributed by atoms with Crippen molar-refractivity contribution in [2.45, 2.75) is 45.8 Å². The van der Waals surface area contributed by atoms with Crippen molar-refractivity contribution in [1.82, 2.24) is 10.2 Å². The fourth-order valence-corrected chi connectivity index (χ4v) is 4.10. The topological polar surface area (TPSA) is 114 Å². The van der Waals surface area contributed by atoms with E-state index in [1.54, 1.807) is 12.1 Å². The first-order valence-electron chi connectivity index (χ1n) is 11.7. The lowest BCUT2D eigenvalue weighted by Crippen LogP contribution is -2.32. The van der Waals surface area contributed by atoms with Crippen molar-refractivity contribution in [2.24, 2.45) is 0 Å². The van der Waals surface area contributed by atoms with Crippen molar-refractivity contribution in [3.63, 3.8) is 0 Å². The van der Waals surface area contributed by atoms with Gasteiger partial charge >= 0.3 is 0 Å². The number of hydrogen-bond donors (Lipinski definition) is 5. The Hall–Kier alpha value is -2.94. The number of nitrogens with zero attached hydrogens (tertiary/aromatic N) is 1. The molecule has 34 heavy (non-hydrogen) atoms. The number of benzene rings is 2. The summed E-state index contributed by atoms with van der Waals surface area (Å²) in [7, 11) is 0. The first-order chi connectivity index (χ1) is 16.4. The summed E-state index contributed by atoms with van der Waals surface area (Å²) in [5.74, 6) is -0.0252. The summed E-state index contributed by atoms with van der Waals surface area (Å²) in [6.45, 7) is 7.69. The normalized spacial score (nSPS) is 15.0. The highest BCUT2D eigenvalue weighted by atomic mass is 16.3. The highest BCUT2D eigenvalue weighted by molar-refractivity contribution is 5.91. The molecule has 0 spiro atoms. The summed E-state index contributed by atoms with van der Waals surface area (Å²) in [5, 5.41) is 28.9. The standard InChI is InChI=1S/C26H35N4O4/c1-18-13-22(29-26(34)8-11-30-9-4-3-5-10-30)19(2)12-21(18)15-27-16-25(33)20-6-7-24(32)23(14-20)28-17-31/h3,6-7,12-14,17,25,27,32-33H,4-5,8-11,15-16H2,1-2H3,(H,28,31)(H,29,34)/t25-/m1/s1. The molecule has 1 radical (unpaired) electrons.